The van der Waals surface area contributed by atoms with Crippen molar-refractivity contribution in [1.82, 2.24) is 10.2 Å². The minimum Gasteiger partial charge on any atom is -0.494 e. The number of aryl methyl sites for hydroxylation is 1. The third-order valence-electron chi connectivity index (χ3n) is 7.49. The monoisotopic (exact) mass is 659 g/mol. The summed E-state index contributed by atoms with van der Waals surface area (Å²) in [6.07, 6.45) is 0.197. The first kappa shape index (κ1) is 35.2. The van der Waals surface area contributed by atoms with Crippen LogP contribution in [0.3, 0.4) is 0 Å². The van der Waals surface area contributed by atoms with Gasteiger partial charge in [-0.1, -0.05) is 54.6 Å². The summed E-state index contributed by atoms with van der Waals surface area (Å²) in [5.41, 5.74) is 2.06. The van der Waals surface area contributed by atoms with E-state index in [0.717, 1.165) is 33.1 Å². The Morgan fingerprint density at radius 1 is 0.872 bits per heavy atom. The predicted molar refractivity (Wildman–Crippen MR) is 182 cm³/mol. The van der Waals surface area contributed by atoms with Gasteiger partial charge in [-0.15, -0.1) is 0 Å². The van der Waals surface area contributed by atoms with E-state index in [1.54, 1.807) is 0 Å². The Balaban J connectivity index is 1.81. The summed E-state index contributed by atoms with van der Waals surface area (Å²) in [4.78, 5) is 29.9. The first-order chi connectivity index (χ1) is 22.3. The summed E-state index contributed by atoms with van der Waals surface area (Å²) in [6, 6.07) is 26.7. The van der Waals surface area contributed by atoms with Crippen molar-refractivity contribution in [3.8, 4) is 5.75 Å². The molecule has 47 heavy (non-hydrogen) atoms. The van der Waals surface area contributed by atoms with Crippen molar-refractivity contribution in [2.45, 2.75) is 64.1 Å². The summed E-state index contributed by atoms with van der Waals surface area (Å²) in [7, 11) is -4.33. The van der Waals surface area contributed by atoms with Crippen molar-refractivity contribution in [1.29, 1.82) is 0 Å². The Morgan fingerprint density at radius 2 is 1.49 bits per heavy atom. The van der Waals surface area contributed by atoms with Crippen LogP contribution in [0.15, 0.2) is 108 Å². The molecule has 4 aromatic rings. The number of ether oxygens (including phenoxy) is 1. The van der Waals surface area contributed by atoms with Gasteiger partial charge in [0.1, 0.15) is 24.2 Å². The van der Waals surface area contributed by atoms with E-state index in [4.69, 9.17) is 4.74 Å². The quantitative estimate of drug-likeness (QED) is 0.182. The summed E-state index contributed by atoms with van der Waals surface area (Å²) in [5, 5.41) is 3.02. The van der Waals surface area contributed by atoms with Crippen molar-refractivity contribution in [3.05, 3.63) is 126 Å². The summed E-state index contributed by atoms with van der Waals surface area (Å²) in [6.45, 7) is 9.14. The molecule has 1 N–H and O–H groups in total. The average Bonchev–Trinajstić information content (AvgIpc) is 3.03. The van der Waals surface area contributed by atoms with E-state index in [0.29, 0.717) is 12.4 Å². The van der Waals surface area contributed by atoms with E-state index >= 15 is 0 Å². The van der Waals surface area contributed by atoms with Gasteiger partial charge in [0, 0.05) is 18.5 Å². The largest absolute Gasteiger partial charge is 0.494 e. The van der Waals surface area contributed by atoms with Crippen LogP contribution in [-0.4, -0.2) is 49.9 Å². The Labute approximate surface area is 277 Å². The van der Waals surface area contributed by atoms with E-state index < -0.39 is 39.9 Å². The zero-order valence-electron chi connectivity index (χ0n) is 27.4. The zero-order valence-corrected chi connectivity index (χ0v) is 28.3. The van der Waals surface area contributed by atoms with Crippen molar-refractivity contribution >= 4 is 27.5 Å². The highest BCUT2D eigenvalue weighted by atomic mass is 32.2. The number of carbonyl (C=O) groups excluding carboxylic acids is 2. The Bertz CT molecular complexity index is 1760. The van der Waals surface area contributed by atoms with Crippen molar-refractivity contribution in [2.75, 3.05) is 17.5 Å². The molecule has 0 spiro atoms. The maximum Gasteiger partial charge on any atom is 0.264 e. The normalized spacial score (nSPS) is 12.2. The van der Waals surface area contributed by atoms with Crippen LogP contribution in [0.2, 0.25) is 0 Å². The molecule has 248 valence electrons. The maximum absolute atomic E-state index is 14.6. The lowest BCUT2D eigenvalue weighted by atomic mass is 10.00. The average molecular weight is 660 g/mol. The molecule has 0 saturated heterocycles. The molecule has 0 fully saturated rings. The lowest BCUT2D eigenvalue weighted by Crippen LogP contribution is -2.56. The number of anilines is 1. The molecule has 0 bridgehead atoms. The molecular weight excluding hydrogens is 617 g/mol. The second-order valence-electron chi connectivity index (χ2n) is 12.3. The summed E-state index contributed by atoms with van der Waals surface area (Å²) in [5.74, 6) is -1.03. The number of carbonyl (C=O) groups is 2. The van der Waals surface area contributed by atoms with E-state index in [2.05, 4.69) is 5.32 Å². The number of hydrogen-bond acceptors (Lipinski definition) is 5. The number of nitrogens with one attached hydrogen (secondary N) is 1. The Kier molecular flexibility index (Phi) is 11.4. The highest BCUT2D eigenvalue weighted by molar-refractivity contribution is 7.92. The summed E-state index contributed by atoms with van der Waals surface area (Å²) < 4.78 is 48.8. The van der Waals surface area contributed by atoms with Crippen molar-refractivity contribution < 1.29 is 27.1 Å². The minimum atomic E-state index is -4.33. The van der Waals surface area contributed by atoms with Gasteiger partial charge in [0.25, 0.3) is 10.0 Å². The molecule has 0 aliphatic carbocycles. The molecule has 2 amide bonds. The highest BCUT2D eigenvalue weighted by Crippen LogP contribution is 2.27. The molecule has 8 nitrogen and oxygen atoms in total. The molecule has 1 atom stereocenters. The second kappa shape index (κ2) is 15.3. The van der Waals surface area contributed by atoms with E-state index in [9.17, 15) is 22.4 Å². The van der Waals surface area contributed by atoms with Gasteiger partial charge in [0.15, 0.2) is 0 Å². The van der Waals surface area contributed by atoms with Crippen LogP contribution in [0.5, 0.6) is 5.75 Å². The lowest BCUT2D eigenvalue weighted by molar-refractivity contribution is -0.140. The standard InChI is InChI=1S/C37H42FN3O5S/c1-6-46-32-20-22-33(23-21-32)47(44,45)41(31-18-16-30(38)17-19-31)26-35(42)40(25-29-15-11-10-12-27(29)2)34(36(43)39-37(3,4)5)24-28-13-8-7-9-14-28/h7-23,34H,6,24-26H2,1-5H3,(H,39,43)/t34-/m1/s1. The number of rotatable bonds is 13. The van der Waals surface area contributed by atoms with Crippen LogP contribution in [0, 0.1) is 12.7 Å². The van der Waals surface area contributed by atoms with Gasteiger partial charge in [-0.3, -0.25) is 13.9 Å². The number of sulfonamides is 1. The number of hydrogen-bond donors (Lipinski definition) is 1. The topological polar surface area (TPSA) is 96.0 Å². The summed E-state index contributed by atoms with van der Waals surface area (Å²) >= 11 is 0. The van der Waals surface area contributed by atoms with Crippen molar-refractivity contribution in [2.24, 2.45) is 0 Å². The van der Waals surface area contributed by atoms with Gasteiger partial charge in [-0.2, -0.15) is 0 Å². The highest BCUT2D eigenvalue weighted by Gasteiger charge is 2.35. The first-order valence-electron chi connectivity index (χ1n) is 15.5. The van der Waals surface area contributed by atoms with Crippen LogP contribution in [0.1, 0.15) is 44.4 Å². The lowest BCUT2D eigenvalue weighted by Gasteiger charge is -2.35. The van der Waals surface area contributed by atoms with Gasteiger partial charge in [0.05, 0.1) is 17.2 Å². The Hall–Kier alpha value is -4.70. The fourth-order valence-corrected chi connectivity index (χ4v) is 6.53. The molecule has 0 heterocycles. The fraction of sp³-hybridized carbons (Fsp3) is 0.297. The molecule has 4 aromatic carbocycles. The second-order valence-corrected chi connectivity index (χ2v) is 14.1. The van der Waals surface area contributed by atoms with Crippen LogP contribution >= 0.6 is 0 Å². The molecule has 0 saturated carbocycles. The van der Waals surface area contributed by atoms with Crippen molar-refractivity contribution in [3.63, 3.8) is 0 Å². The smallest absolute Gasteiger partial charge is 0.264 e. The molecule has 0 unspecified atom stereocenters. The van der Waals surface area contributed by atoms with Crippen LogP contribution in [0.4, 0.5) is 10.1 Å². The fourth-order valence-electron chi connectivity index (χ4n) is 5.12. The SMILES string of the molecule is CCOc1ccc(S(=O)(=O)N(CC(=O)N(Cc2ccccc2C)[C@H](Cc2ccccc2)C(=O)NC(C)(C)C)c2ccc(F)cc2)cc1. The predicted octanol–water partition coefficient (Wildman–Crippen LogP) is 6.28. The zero-order chi connectivity index (χ0) is 34.2. The molecule has 0 aliphatic rings. The number of nitrogens with zero attached hydrogens (tertiary/aromatic N) is 2. The van der Waals surface area contributed by atoms with Gasteiger partial charge >= 0.3 is 0 Å². The molecule has 0 aromatic heterocycles. The molecule has 4 rings (SSSR count). The molecule has 0 aliphatic heterocycles. The van der Waals surface area contributed by atoms with Crippen LogP contribution < -0.4 is 14.4 Å². The maximum atomic E-state index is 14.6. The van der Waals surface area contributed by atoms with Crippen LogP contribution in [0.25, 0.3) is 0 Å². The van der Waals surface area contributed by atoms with Gasteiger partial charge in [-0.05, 0) is 99.8 Å². The molecular formula is C37H42FN3O5S. The first-order valence-corrected chi connectivity index (χ1v) is 16.9. The molecule has 10 heteroatoms. The van der Waals surface area contributed by atoms with E-state index in [-0.39, 0.29) is 29.5 Å². The third-order valence-corrected chi connectivity index (χ3v) is 9.28. The third kappa shape index (κ3) is 9.42. The van der Waals surface area contributed by atoms with E-state index in [1.165, 1.54) is 41.3 Å². The van der Waals surface area contributed by atoms with Gasteiger partial charge < -0.3 is 15.0 Å². The Morgan fingerprint density at radius 3 is 2.09 bits per heavy atom. The molecule has 0 radical (unpaired) electrons. The van der Waals surface area contributed by atoms with E-state index in [1.807, 2.05) is 89.2 Å². The minimum absolute atomic E-state index is 0.0565. The van der Waals surface area contributed by atoms with Gasteiger partial charge in [-0.25, -0.2) is 12.8 Å². The number of halogens is 1. The van der Waals surface area contributed by atoms with Gasteiger partial charge in [0.2, 0.25) is 11.8 Å². The number of amides is 2. The number of benzene rings is 4. The van der Waals surface area contributed by atoms with Crippen LogP contribution in [-0.2, 0) is 32.6 Å².